The largest absolute Gasteiger partial charge is 0.318 e. The lowest BCUT2D eigenvalue weighted by molar-refractivity contribution is -0.112. The van der Waals surface area contributed by atoms with Gasteiger partial charge in [0.2, 0.25) is 19.3 Å². The maximum atomic E-state index is 12.6. The molecule has 1 aromatic carbocycles. The first-order valence-electron chi connectivity index (χ1n) is 9.24. The van der Waals surface area contributed by atoms with Gasteiger partial charge in [0.05, 0.1) is 0 Å². The van der Waals surface area contributed by atoms with Gasteiger partial charge in [-0.15, -0.1) is 10.2 Å². The van der Waals surface area contributed by atoms with E-state index in [0.29, 0.717) is 0 Å². The van der Waals surface area contributed by atoms with E-state index in [1.165, 1.54) is 11.6 Å². The molecule has 10 heteroatoms. The van der Waals surface area contributed by atoms with Crippen molar-refractivity contribution in [1.29, 1.82) is 5.26 Å². The van der Waals surface area contributed by atoms with Crippen LogP contribution in [-0.4, -0.2) is 35.3 Å². The van der Waals surface area contributed by atoms with E-state index in [1.807, 2.05) is 52.0 Å². The second-order valence-electron chi connectivity index (χ2n) is 7.22. The third-order valence-corrected chi connectivity index (χ3v) is 7.18. The Labute approximate surface area is 184 Å². The molecule has 1 N–H and O–H groups in total. The number of nitrogens with zero attached hydrogens (tertiary/aromatic N) is 4. The molecule has 0 fully saturated rings. The molecule has 0 aliphatic rings. The maximum Gasteiger partial charge on any atom is 0.268 e. The van der Waals surface area contributed by atoms with E-state index in [2.05, 4.69) is 26.1 Å². The molecule has 0 atom stereocenters. The number of aryl methyl sites for hydroxylation is 3. The predicted molar refractivity (Wildman–Crippen MR) is 120 cm³/mol. The third kappa shape index (κ3) is 4.73. The first kappa shape index (κ1) is 22.4. The van der Waals surface area contributed by atoms with Crippen LogP contribution >= 0.6 is 11.3 Å². The van der Waals surface area contributed by atoms with Gasteiger partial charge >= 0.3 is 0 Å². The monoisotopic (exact) mass is 455 g/mol. The van der Waals surface area contributed by atoms with Crippen LogP contribution in [0.1, 0.15) is 28.1 Å². The van der Waals surface area contributed by atoms with Gasteiger partial charge in [0.15, 0.2) is 0 Å². The molecule has 3 rings (SSSR count). The number of carbonyl (C=O) groups is 1. The number of amides is 1. The first-order valence-corrected chi connectivity index (χ1v) is 12.0. The molecule has 0 saturated carbocycles. The molecule has 0 spiro atoms. The van der Waals surface area contributed by atoms with Gasteiger partial charge in [-0.05, 0) is 57.0 Å². The number of benzene rings is 1. The van der Waals surface area contributed by atoms with Gasteiger partial charge < -0.3 is 4.57 Å². The number of aromatic nitrogens is 3. The second-order valence-corrected chi connectivity index (χ2v) is 10.4. The van der Waals surface area contributed by atoms with Gasteiger partial charge in [-0.1, -0.05) is 29.0 Å². The Morgan fingerprint density at radius 3 is 2.48 bits per heavy atom. The zero-order chi connectivity index (χ0) is 22.9. The molecule has 31 heavy (non-hydrogen) atoms. The zero-order valence-electron chi connectivity index (χ0n) is 17.7. The van der Waals surface area contributed by atoms with Crippen molar-refractivity contribution < 1.29 is 13.2 Å². The van der Waals surface area contributed by atoms with Crippen molar-refractivity contribution in [3.05, 3.63) is 57.9 Å². The van der Waals surface area contributed by atoms with Gasteiger partial charge in [-0.2, -0.15) is 5.26 Å². The van der Waals surface area contributed by atoms with Crippen LogP contribution in [-0.2, 0) is 14.6 Å². The van der Waals surface area contributed by atoms with Crippen LogP contribution in [0, 0.1) is 39.0 Å². The minimum absolute atomic E-state index is 0.00679. The second kappa shape index (κ2) is 8.45. The van der Waals surface area contributed by atoms with E-state index < -0.39 is 15.7 Å². The smallest absolute Gasteiger partial charge is 0.268 e. The number of carbonyl (C=O) groups excluding carboxylic acids is 1. The molecule has 0 radical (unpaired) electrons. The van der Waals surface area contributed by atoms with E-state index >= 15 is 0 Å². The highest BCUT2D eigenvalue weighted by molar-refractivity contribution is 7.92. The van der Waals surface area contributed by atoms with Gasteiger partial charge in [0.25, 0.3) is 5.91 Å². The lowest BCUT2D eigenvalue weighted by Crippen LogP contribution is -2.13. The Morgan fingerprint density at radius 2 is 1.90 bits per heavy atom. The maximum absolute atomic E-state index is 12.6. The summed E-state index contributed by atoms with van der Waals surface area (Å²) in [5.74, 6) is -0.685. The summed E-state index contributed by atoms with van der Waals surface area (Å²) in [5.41, 5.74) is 5.78. The highest BCUT2D eigenvalue weighted by atomic mass is 32.2. The van der Waals surface area contributed by atoms with Gasteiger partial charge in [-0.25, -0.2) is 8.42 Å². The van der Waals surface area contributed by atoms with Crippen molar-refractivity contribution in [3.63, 3.8) is 0 Å². The molecule has 0 aliphatic heterocycles. The quantitative estimate of drug-likeness (QED) is 0.357. The molecular weight excluding hydrogens is 434 g/mol. The van der Waals surface area contributed by atoms with E-state index in [-0.39, 0.29) is 15.0 Å². The van der Waals surface area contributed by atoms with Crippen LogP contribution in [0.5, 0.6) is 0 Å². The number of anilines is 1. The first-order chi connectivity index (χ1) is 14.5. The van der Waals surface area contributed by atoms with Crippen LogP contribution in [0.4, 0.5) is 5.13 Å². The molecule has 0 saturated heterocycles. The summed E-state index contributed by atoms with van der Waals surface area (Å²) in [6, 6.07) is 10.00. The summed E-state index contributed by atoms with van der Waals surface area (Å²) in [6.45, 7) is 7.96. The Kier molecular flexibility index (Phi) is 6.10. The van der Waals surface area contributed by atoms with Crippen molar-refractivity contribution in [2.75, 3.05) is 11.6 Å². The summed E-state index contributed by atoms with van der Waals surface area (Å²) in [4.78, 5) is 12.6. The standard InChI is InChI=1S/C21H21N5O3S2/c1-12-6-7-18(13(2)8-12)26-14(3)9-16(15(26)4)10-17(11-22)19(27)23-20-24-25-21(30-20)31(5,28)29/h6-10H,1-5H3,(H,23,24,27)/b17-10-. The molecule has 8 nitrogen and oxygen atoms in total. The minimum Gasteiger partial charge on any atom is -0.318 e. The van der Waals surface area contributed by atoms with Crippen LogP contribution in [0.25, 0.3) is 11.8 Å². The Bertz CT molecular complexity index is 1360. The fourth-order valence-corrected chi connectivity index (χ4v) is 4.74. The van der Waals surface area contributed by atoms with E-state index in [0.717, 1.165) is 45.8 Å². The number of hydrogen-bond acceptors (Lipinski definition) is 7. The van der Waals surface area contributed by atoms with Crippen LogP contribution in [0.15, 0.2) is 34.2 Å². The van der Waals surface area contributed by atoms with Crippen LogP contribution in [0.2, 0.25) is 0 Å². The van der Waals surface area contributed by atoms with Crippen molar-refractivity contribution in [3.8, 4) is 11.8 Å². The molecular formula is C21H21N5O3S2. The topological polar surface area (TPSA) is 118 Å². The zero-order valence-corrected chi connectivity index (χ0v) is 19.3. The molecule has 3 aromatic rings. The SMILES string of the molecule is Cc1ccc(-n2c(C)cc(/C=C(/C#N)C(=O)Nc3nnc(S(C)(=O)=O)s3)c2C)c(C)c1. The highest BCUT2D eigenvalue weighted by Crippen LogP contribution is 2.26. The minimum atomic E-state index is -3.52. The van der Waals surface area contributed by atoms with Crippen molar-refractivity contribution >= 4 is 38.3 Å². The highest BCUT2D eigenvalue weighted by Gasteiger charge is 2.18. The van der Waals surface area contributed by atoms with E-state index in [1.54, 1.807) is 0 Å². The fraction of sp³-hybridized carbons (Fsp3) is 0.238. The summed E-state index contributed by atoms with van der Waals surface area (Å²) in [6.07, 6.45) is 2.52. The Balaban J connectivity index is 1.93. The molecule has 0 bridgehead atoms. The molecule has 2 heterocycles. The Morgan fingerprint density at radius 1 is 1.19 bits per heavy atom. The van der Waals surface area contributed by atoms with Crippen molar-refractivity contribution in [2.45, 2.75) is 32.0 Å². The summed E-state index contributed by atoms with van der Waals surface area (Å²) in [7, 11) is -3.52. The summed E-state index contributed by atoms with van der Waals surface area (Å²) < 4.78 is 24.9. The predicted octanol–water partition coefficient (Wildman–Crippen LogP) is 3.51. The third-order valence-electron chi connectivity index (χ3n) is 4.67. The normalized spacial score (nSPS) is 11.9. The van der Waals surface area contributed by atoms with Crippen LogP contribution < -0.4 is 5.32 Å². The number of hydrogen-bond donors (Lipinski definition) is 1. The lowest BCUT2D eigenvalue weighted by Gasteiger charge is -2.13. The molecule has 0 aliphatic carbocycles. The molecule has 1 amide bonds. The average molecular weight is 456 g/mol. The summed E-state index contributed by atoms with van der Waals surface area (Å²) in [5, 5.41) is 19.2. The van der Waals surface area contributed by atoms with E-state index in [4.69, 9.17) is 0 Å². The van der Waals surface area contributed by atoms with Gasteiger partial charge in [-0.3, -0.25) is 10.1 Å². The van der Waals surface area contributed by atoms with E-state index in [9.17, 15) is 18.5 Å². The fourth-order valence-electron chi connectivity index (χ4n) is 3.24. The summed E-state index contributed by atoms with van der Waals surface area (Å²) >= 11 is 0.729. The van der Waals surface area contributed by atoms with Crippen molar-refractivity contribution in [1.82, 2.24) is 14.8 Å². The lowest BCUT2D eigenvalue weighted by atomic mass is 10.1. The van der Waals surface area contributed by atoms with Crippen molar-refractivity contribution in [2.24, 2.45) is 0 Å². The molecule has 2 aromatic heterocycles. The van der Waals surface area contributed by atoms with Crippen LogP contribution in [0.3, 0.4) is 0 Å². The number of nitrogens with one attached hydrogen (secondary N) is 1. The van der Waals surface area contributed by atoms with Gasteiger partial charge in [0, 0.05) is 23.3 Å². The number of rotatable bonds is 5. The number of sulfone groups is 1. The number of nitriles is 1. The van der Waals surface area contributed by atoms with Gasteiger partial charge in [0.1, 0.15) is 11.6 Å². The average Bonchev–Trinajstić information content (AvgIpc) is 3.25. The Hall–Kier alpha value is -3.29. The molecule has 160 valence electrons. The molecule has 0 unspecified atom stereocenters.